The van der Waals surface area contributed by atoms with Gasteiger partial charge in [0.15, 0.2) is 0 Å². The first kappa shape index (κ1) is 8.38. The molecule has 0 saturated heterocycles. The van der Waals surface area contributed by atoms with E-state index in [1.807, 2.05) is 0 Å². The van der Waals surface area contributed by atoms with Crippen molar-refractivity contribution >= 4 is 17.5 Å². The Morgan fingerprint density at radius 1 is 1.78 bits per heavy atom. The van der Waals surface area contributed by atoms with E-state index in [0.29, 0.717) is 0 Å². The van der Waals surface area contributed by atoms with Crippen LogP contribution in [0.2, 0.25) is 0 Å². The summed E-state index contributed by atoms with van der Waals surface area (Å²) in [6, 6.07) is 0. The Labute approximate surface area is 54.4 Å². The predicted octanol–water partition coefficient (Wildman–Crippen LogP) is 0.296. The highest BCUT2D eigenvalue weighted by Crippen LogP contribution is 1.85. The quantitative estimate of drug-likeness (QED) is 0.457. The summed E-state index contributed by atoms with van der Waals surface area (Å²) >= 11 is -2.57. The minimum Gasteiger partial charge on any atom is -0.434 e. The van der Waals surface area contributed by atoms with Crippen LogP contribution in [0.4, 0.5) is 4.79 Å². The van der Waals surface area contributed by atoms with E-state index in [0.717, 1.165) is 0 Å². The third-order valence-electron chi connectivity index (χ3n) is 0.402. The first-order chi connectivity index (χ1) is 4.16. The van der Waals surface area contributed by atoms with Gasteiger partial charge in [-0.25, -0.2) is 4.79 Å². The fraction of sp³-hybridized carbons (Fsp3) is 0.667. The van der Waals surface area contributed by atoms with Gasteiger partial charge in [-0.3, -0.25) is 4.55 Å². The van der Waals surface area contributed by atoms with Gasteiger partial charge >= 0.3 is 17.5 Å². The summed E-state index contributed by atoms with van der Waals surface area (Å²) in [7, 11) is 0. The number of rotatable bonds is 2. The zero-order chi connectivity index (χ0) is 7.28. The van der Waals surface area contributed by atoms with Crippen molar-refractivity contribution in [1.29, 1.82) is 0 Å². The van der Waals surface area contributed by atoms with Gasteiger partial charge < -0.3 is 8.92 Å². The van der Waals surface area contributed by atoms with Crippen LogP contribution in [0.1, 0.15) is 6.92 Å². The van der Waals surface area contributed by atoms with E-state index in [1.54, 1.807) is 6.92 Å². The van der Waals surface area contributed by atoms with Gasteiger partial charge in [0.2, 0.25) is 0 Å². The molecule has 0 saturated carbocycles. The molecule has 5 nitrogen and oxygen atoms in total. The van der Waals surface area contributed by atoms with E-state index in [-0.39, 0.29) is 6.61 Å². The lowest BCUT2D eigenvalue weighted by Gasteiger charge is -1.96. The first-order valence-corrected chi connectivity index (χ1v) is 3.16. The zero-order valence-electron chi connectivity index (χ0n) is 4.70. The minimum absolute atomic E-state index is 0.121. The molecule has 0 rings (SSSR count). The summed E-state index contributed by atoms with van der Waals surface area (Å²) in [6.45, 7) is 1.68. The van der Waals surface area contributed by atoms with Gasteiger partial charge in [-0.2, -0.15) is 4.21 Å². The van der Waals surface area contributed by atoms with Gasteiger partial charge in [0, 0.05) is 0 Å². The average Bonchev–Trinajstić information content (AvgIpc) is 1.63. The molecule has 0 spiro atoms. The van der Waals surface area contributed by atoms with Crippen LogP contribution in [0.25, 0.3) is 0 Å². The van der Waals surface area contributed by atoms with Crippen LogP contribution in [-0.2, 0) is 20.3 Å². The fourth-order valence-electron chi connectivity index (χ4n) is 0.200. The molecule has 0 aliphatic carbocycles. The van der Waals surface area contributed by atoms with Gasteiger partial charge in [-0.1, -0.05) is 0 Å². The van der Waals surface area contributed by atoms with Crippen molar-refractivity contribution in [1.82, 2.24) is 0 Å². The van der Waals surface area contributed by atoms with Crippen molar-refractivity contribution in [2.45, 2.75) is 6.92 Å². The molecule has 6 heteroatoms. The lowest BCUT2D eigenvalue weighted by Crippen LogP contribution is -2.08. The molecule has 0 aliphatic heterocycles. The largest absolute Gasteiger partial charge is 0.524 e. The summed E-state index contributed by atoms with van der Waals surface area (Å²) in [5.74, 6) is 0. The number of ether oxygens (including phenoxy) is 1. The average molecular weight is 154 g/mol. The van der Waals surface area contributed by atoms with Crippen LogP contribution >= 0.6 is 0 Å². The molecule has 1 unspecified atom stereocenters. The van der Waals surface area contributed by atoms with Gasteiger partial charge in [0.25, 0.3) is 0 Å². The van der Waals surface area contributed by atoms with Gasteiger partial charge in [-0.05, 0) is 6.92 Å². The predicted molar refractivity (Wildman–Crippen MR) is 28.9 cm³/mol. The van der Waals surface area contributed by atoms with Crippen molar-refractivity contribution in [2.75, 3.05) is 6.61 Å². The summed E-state index contributed by atoms with van der Waals surface area (Å²) in [6.07, 6.45) is -1.14. The molecule has 0 heterocycles. The summed E-state index contributed by atoms with van der Waals surface area (Å²) < 4.78 is 25.4. The molecule has 0 fully saturated rings. The highest BCUT2D eigenvalue weighted by molar-refractivity contribution is 7.74. The van der Waals surface area contributed by atoms with Crippen molar-refractivity contribution < 1.29 is 22.5 Å². The second-order valence-corrected chi connectivity index (χ2v) is 1.58. The Balaban J connectivity index is 3.39. The molecule has 0 aromatic heterocycles. The van der Waals surface area contributed by atoms with Crippen LogP contribution in [-0.4, -0.2) is 21.5 Å². The van der Waals surface area contributed by atoms with Gasteiger partial charge in [0.1, 0.15) is 0 Å². The lowest BCUT2D eigenvalue weighted by atomic mass is 10.9. The monoisotopic (exact) mass is 154 g/mol. The first-order valence-electron chi connectivity index (χ1n) is 2.12. The smallest absolute Gasteiger partial charge is 0.434 e. The van der Waals surface area contributed by atoms with E-state index in [9.17, 15) is 9.00 Å². The van der Waals surface area contributed by atoms with E-state index >= 15 is 0 Å². The second kappa shape index (κ2) is 4.28. The molecular weight excluding hydrogens is 148 g/mol. The van der Waals surface area contributed by atoms with Crippen molar-refractivity contribution in [2.24, 2.45) is 0 Å². The highest BCUT2D eigenvalue weighted by Gasteiger charge is 2.04. The summed E-state index contributed by atoms with van der Waals surface area (Å²) in [5, 5.41) is 0. The van der Waals surface area contributed by atoms with Crippen LogP contribution in [0, 0.1) is 0 Å². The number of hydrogen-bond donors (Lipinski definition) is 1. The summed E-state index contributed by atoms with van der Waals surface area (Å²) in [5.41, 5.74) is 0. The van der Waals surface area contributed by atoms with E-state index in [4.69, 9.17) is 4.55 Å². The summed E-state index contributed by atoms with van der Waals surface area (Å²) in [4.78, 5) is 10.1. The lowest BCUT2D eigenvalue weighted by molar-refractivity contribution is 0.106. The van der Waals surface area contributed by atoms with Gasteiger partial charge in [-0.15, -0.1) is 0 Å². The maximum Gasteiger partial charge on any atom is 0.524 e. The maximum absolute atomic E-state index is 10.1. The Morgan fingerprint density at radius 3 is 2.67 bits per heavy atom. The van der Waals surface area contributed by atoms with Crippen LogP contribution in [0.15, 0.2) is 0 Å². The molecule has 0 aromatic rings. The second-order valence-electron chi connectivity index (χ2n) is 0.983. The maximum atomic E-state index is 10.1. The zero-order valence-corrected chi connectivity index (χ0v) is 5.51. The van der Waals surface area contributed by atoms with E-state index in [1.165, 1.54) is 0 Å². The fourth-order valence-corrected chi connectivity index (χ4v) is 0.365. The molecule has 0 radical (unpaired) electrons. The molecule has 0 aliphatic rings. The normalized spacial score (nSPS) is 12.2. The Hall–Kier alpha value is -0.620. The Kier molecular flexibility index (Phi) is 3.98. The molecule has 9 heavy (non-hydrogen) atoms. The molecule has 0 aromatic carbocycles. The van der Waals surface area contributed by atoms with E-state index < -0.39 is 17.5 Å². The number of carbonyl (C=O) groups is 1. The molecule has 54 valence electrons. The molecule has 0 amide bonds. The molecule has 0 bridgehead atoms. The van der Waals surface area contributed by atoms with Crippen molar-refractivity contribution in [3.8, 4) is 0 Å². The van der Waals surface area contributed by atoms with Crippen LogP contribution < -0.4 is 0 Å². The number of carbonyl (C=O) groups excluding carboxylic acids is 1. The van der Waals surface area contributed by atoms with Crippen LogP contribution in [0.5, 0.6) is 0 Å². The Morgan fingerprint density at radius 2 is 2.33 bits per heavy atom. The number of hydrogen-bond acceptors (Lipinski definition) is 4. The third kappa shape index (κ3) is 5.25. The van der Waals surface area contributed by atoms with Crippen LogP contribution in [0.3, 0.4) is 0 Å². The SMILES string of the molecule is CCOC(=O)OS(=O)O. The van der Waals surface area contributed by atoms with E-state index in [2.05, 4.69) is 8.92 Å². The third-order valence-corrected chi connectivity index (χ3v) is 0.680. The van der Waals surface area contributed by atoms with Gasteiger partial charge in [0.05, 0.1) is 6.61 Å². The van der Waals surface area contributed by atoms with Crippen molar-refractivity contribution in [3.05, 3.63) is 0 Å². The Bertz CT molecular complexity index is 121. The molecular formula is C3H6O5S. The standard InChI is InChI=1S/C3H6O5S/c1-2-7-3(4)8-9(5)6/h2H2,1H3,(H,5,6). The molecule has 1 atom stereocenters. The topological polar surface area (TPSA) is 72.8 Å². The highest BCUT2D eigenvalue weighted by atomic mass is 32.2. The molecule has 1 N–H and O–H groups in total. The van der Waals surface area contributed by atoms with Crippen molar-refractivity contribution in [3.63, 3.8) is 0 Å². The minimum atomic E-state index is -2.57.